The van der Waals surface area contributed by atoms with E-state index in [1.165, 1.54) is 12.4 Å². The van der Waals surface area contributed by atoms with E-state index in [1.54, 1.807) is 24.4 Å². The number of carbonyl (C=O) groups excluding carboxylic acids is 2. The first-order chi connectivity index (χ1) is 13.1. The summed E-state index contributed by atoms with van der Waals surface area (Å²) in [5, 5.41) is 2.03. The fourth-order valence-electron chi connectivity index (χ4n) is 2.62. The summed E-state index contributed by atoms with van der Waals surface area (Å²) in [4.78, 5) is 33.7. The number of thiocarbonyl (C=S) groups is 1. The lowest BCUT2D eigenvalue weighted by atomic mass is 10.1. The highest BCUT2D eigenvalue weighted by Crippen LogP contribution is 2.32. The van der Waals surface area contributed by atoms with Crippen LogP contribution in [0.4, 0.5) is 0 Å². The lowest BCUT2D eigenvalue weighted by Crippen LogP contribution is -2.44. The number of pyridine rings is 2. The molecule has 1 aromatic carbocycles. The molecule has 0 atom stereocenters. The van der Waals surface area contributed by atoms with Crippen molar-refractivity contribution >= 4 is 57.1 Å². The Bertz CT molecular complexity index is 1090. The van der Waals surface area contributed by atoms with Gasteiger partial charge in [0, 0.05) is 29.5 Å². The van der Waals surface area contributed by atoms with Crippen molar-refractivity contribution < 1.29 is 9.59 Å². The number of fused-ring (bicyclic) bond motifs is 1. The summed E-state index contributed by atoms with van der Waals surface area (Å²) in [6.07, 6.45) is 6.48. The van der Waals surface area contributed by atoms with Gasteiger partial charge in [-0.1, -0.05) is 30.0 Å². The molecule has 4 rings (SSSR count). The van der Waals surface area contributed by atoms with E-state index in [9.17, 15) is 9.59 Å². The highest BCUT2D eigenvalue weighted by atomic mass is 32.2. The molecule has 1 saturated heterocycles. The largest absolute Gasteiger partial charge is 0.285 e. The Morgan fingerprint density at radius 2 is 1.89 bits per heavy atom. The molecule has 3 heterocycles. The van der Waals surface area contributed by atoms with Crippen LogP contribution in [0.25, 0.3) is 17.0 Å². The zero-order valence-corrected chi connectivity index (χ0v) is 15.5. The summed E-state index contributed by atoms with van der Waals surface area (Å²) in [7, 11) is 0. The quantitative estimate of drug-likeness (QED) is 0.545. The smallest absolute Gasteiger partial charge is 0.267 e. The molecule has 1 aliphatic heterocycles. The second-order valence-corrected chi connectivity index (χ2v) is 7.29. The molecule has 0 unspecified atom stereocenters. The molecule has 132 valence electrons. The van der Waals surface area contributed by atoms with E-state index in [0.29, 0.717) is 10.5 Å². The number of amides is 2. The van der Waals surface area contributed by atoms with Crippen molar-refractivity contribution in [2.45, 2.75) is 0 Å². The van der Waals surface area contributed by atoms with Gasteiger partial charge in [0.2, 0.25) is 0 Å². The second kappa shape index (κ2) is 7.26. The third kappa shape index (κ3) is 3.44. The van der Waals surface area contributed by atoms with Gasteiger partial charge in [0.1, 0.15) is 0 Å². The number of hydrazine groups is 1. The van der Waals surface area contributed by atoms with E-state index in [0.717, 1.165) is 33.2 Å². The molecule has 3 aromatic rings. The summed E-state index contributed by atoms with van der Waals surface area (Å²) in [6.45, 7) is 0. The molecule has 1 fully saturated rings. The average Bonchev–Trinajstić information content (AvgIpc) is 2.96. The monoisotopic (exact) mass is 392 g/mol. The van der Waals surface area contributed by atoms with Crippen molar-refractivity contribution in [1.82, 2.24) is 20.4 Å². The van der Waals surface area contributed by atoms with Gasteiger partial charge in [-0.25, -0.2) is 0 Å². The Morgan fingerprint density at radius 1 is 1.11 bits per heavy atom. The van der Waals surface area contributed by atoms with Gasteiger partial charge in [-0.15, -0.1) is 0 Å². The highest BCUT2D eigenvalue weighted by Gasteiger charge is 2.33. The summed E-state index contributed by atoms with van der Waals surface area (Å²) in [5.41, 5.74) is 4.64. The van der Waals surface area contributed by atoms with Gasteiger partial charge in [0.25, 0.3) is 11.8 Å². The molecule has 0 radical (unpaired) electrons. The van der Waals surface area contributed by atoms with E-state index in [4.69, 9.17) is 12.2 Å². The van der Waals surface area contributed by atoms with Crippen LogP contribution in [0.2, 0.25) is 0 Å². The molecule has 0 aliphatic carbocycles. The number of hydrogen-bond acceptors (Lipinski definition) is 6. The van der Waals surface area contributed by atoms with Crippen LogP contribution in [-0.4, -0.2) is 31.1 Å². The number of nitrogens with one attached hydrogen (secondary N) is 1. The second-order valence-electron chi connectivity index (χ2n) is 5.61. The van der Waals surface area contributed by atoms with Gasteiger partial charge < -0.3 is 0 Å². The topological polar surface area (TPSA) is 75.2 Å². The number of para-hydroxylation sites is 1. The lowest BCUT2D eigenvalue weighted by Gasteiger charge is -2.15. The van der Waals surface area contributed by atoms with E-state index in [1.807, 2.05) is 30.3 Å². The van der Waals surface area contributed by atoms with E-state index >= 15 is 0 Å². The summed E-state index contributed by atoms with van der Waals surface area (Å²) >= 11 is 6.41. The highest BCUT2D eigenvalue weighted by molar-refractivity contribution is 8.26. The Balaban J connectivity index is 1.61. The van der Waals surface area contributed by atoms with Crippen molar-refractivity contribution in [3.05, 3.63) is 77.1 Å². The van der Waals surface area contributed by atoms with E-state index in [-0.39, 0.29) is 10.2 Å². The predicted molar refractivity (Wildman–Crippen MR) is 108 cm³/mol. The Hall–Kier alpha value is -3.10. The molecular formula is C19H12N4O2S2. The van der Waals surface area contributed by atoms with Crippen LogP contribution >= 0.6 is 24.0 Å². The third-order valence-corrected chi connectivity index (χ3v) is 5.22. The molecule has 2 amide bonds. The minimum atomic E-state index is -0.427. The lowest BCUT2D eigenvalue weighted by molar-refractivity contribution is -0.123. The maximum absolute atomic E-state index is 12.7. The zero-order valence-electron chi connectivity index (χ0n) is 13.8. The van der Waals surface area contributed by atoms with Gasteiger partial charge in [0.15, 0.2) is 4.32 Å². The number of thioether (sulfide) groups is 1. The van der Waals surface area contributed by atoms with Crippen molar-refractivity contribution in [2.75, 3.05) is 0 Å². The van der Waals surface area contributed by atoms with Crippen molar-refractivity contribution in [2.24, 2.45) is 0 Å². The van der Waals surface area contributed by atoms with Crippen LogP contribution in [0.15, 0.2) is 66.0 Å². The molecular weight excluding hydrogens is 380 g/mol. The van der Waals surface area contributed by atoms with Crippen LogP contribution < -0.4 is 5.43 Å². The number of hydrogen-bond donors (Lipinski definition) is 1. The first-order valence-electron chi connectivity index (χ1n) is 7.96. The standard InChI is InChI=1S/C19H12N4O2S2/c24-17(12-5-8-20-9-6-12)22-23-18(25)16(27-19(23)26)11-13-7-10-21-15-4-2-1-3-14(13)15/h1-11H,(H,22,24)/b16-11-. The van der Waals surface area contributed by atoms with Gasteiger partial charge in [0.05, 0.1) is 10.4 Å². The number of carbonyl (C=O) groups is 2. The Labute approximate surface area is 164 Å². The van der Waals surface area contributed by atoms with Crippen LogP contribution in [0, 0.1) is 0 Å². The summed E-state index contributed by atoms with van der Waals surface area (Å²) in [5.74, 6) is -0.794. The van der Waals surface area contributed by atoms with Crippen molar-refractivity contribution in [1.29, 1.82) is 0 Å². The maximum Gasteiger partial charge on any atom is 0.285 e. The number of benzene rings is 1. The predicted octanol–water partition coefficient (Wildman–Crippen LogP) is 3.18. The molecule has 2 aromatic heterocycles. The maximum atomic E-state index is 12.7. The average molecular weight is 392 g/mol. The summed E-state index contributed by atoms with van der Waals surface area (Å²) < 4.78 is 0.270. The SMILES string of the molecule is O=C(NN1C(=O)/C(=C/c2ccnc3ccccc23)SC1=S)c1ccncc1. The number of rotatable bonds is 3. The van der Waals surface area contributed by atoms with Gasteiger partial charge >= 0.3 is 0 Å². The van der Waals surface area contributed by atoms with Crippen molar-refractivity contribution in [3.8, 4) is 0 Å². The molecule has 1 N–H and O–H groups in total. The van der Waals surface area contributed by atoms with Gasteiger partial charge in [-0.3, -0.25) is 25.0 Å². The molecule has 8 heteroatoms. The first-order valence-corrected chi connectivity index (χ1v) is 9.19. The molecule has 6 nitrogen and oxygen atoms in total. The zero-order chi connectivity index (χ0) is 18.8. The van der Waals surface area contributed by atoms with E-state index in [2.05, 4.69) is 15.4 Å². The van der Waals surface area contributed by atoms with Gasteiger partial charge in [-0.05, 0) is 48.1 Å². The summed E-state index contributed by atoms with van der Waals surface area (Å²) in [6, 6.07) is 12.6. The van der Waals surface area contributed by atoms with Crippen LogP contribution in [0.3, 0.4) is 0 Å². The number of aromatic nitrogens is 2. The molecule has 0 spiro atoms. The fraction of sp³-hybridized carbons (Fsp3) is 0. The molecule has 27 heavy (non-hydrogen) atoms. The Kier molecular flexibility index (Phi) is 4.66. The molecule has 1 aliphatic rings. The minimum Gasteiger partial charge on any atom is -0.267 e. The minimum absolute atomic E-state index is 0.270. The van der Waals surface area contributed by atoms with Crippen LogP contribution in [0.1, 0.15) is 15.9 Å². The third-order valence-electron chi connectivity index (χ3n) is 3.92. The Morgan fingerprint density at radius 3 is 2.70 bits per heavy atom. The number of nitrogens with zero attached hydrogens (tertiary/aromatic N) is 3. The molecule has 0 saturated carbocycles. The molecule has 0 bridgehead atoms. The fourth-order valence-corrected chi connectivity index (χ4v) is 3.79. The van der Waals surface area contributed by atoms with Gasteiger partial charge in [-0.2, -0.15) is 5.01 Å². The first kappa shape index (κ1) is 17.3. The van der Waals surface area contributed by atoms with Crippen LogP contribution in [-0.2, 0) is 4.79 Å². The van der Waals surface area contributed by atoms with E-state index < -0.39 is 5.91 Å². The normalized spacial score (nSPS) is 15.6. The van der Waals surface area contributed by atoms with Crippen molar-refractivity contribution in [3.63, 3.8) is 0 Å². The van der Waals surface area contributed by atoms with Crippen LogP contribution in [0.5, 0.6) is 0 Å².